The Morgan fingerprint density at radius 2 is 2.06 bits per heavy atom. The third-order valence-corrected chi connectivity index (χ3v) is 2.49. The Morgan fingerprint density at radius 3 is 2.82 bits per heavy atom. The smallest absolute Gasteiger partial charge is 0.376 e. The third kappa shape index (κ3) is 2.63. The number of carbonyl (C=O) groups excluding carboxylic acids is 2. The average Bonchev–Trinajstić information content (AvgIpc) is 2.69. The van der Waals surface area contributed by atoms with Gasteiger partial charge in [-0.3, -0.25) is 4.79 Å². The van der Waals surface area contributed by atoms with Crippen molar-refractivity contribution in [3.05, 3.63) is 36.0 Å². The monoisotopic (exact) mass is 232 g/mol. The molecule has 3 N–H and O–H groups in total. The molecule has 1 heterocycles. The van der Waals surface area contributed by atoms with Crippen LogP contribution in [0.4, 0.5) is 4.79 Å². The summed E-state index contributed by atoms with van der Waals surface area (Å²) in [5.74, 6) is -0.609. The van der Waals surface area contributed by atoms with E-state index in [2.05, 4.69) is 9.72 Å². The quantitative estimate of drug-likeness (QED) is 0.624. The topological polar surface area (TPSA) is 85.2 Å². The maximum Gasteiger partial charge on any atom is 0.412 e. The van der Waals surface area contributed by atoms with E-state index in [1.54, 1.807) is 0 Å². The molecule has 0 aliphatic carbocycles. The Hall–Kier alpha value is -2.30. The number of para-hydroxylation sites is 1. The van der Waals surface area contributed by atoms with E-state index in [0.29, 0.717) is 6.42 Å². The SMILES string of the molecule is NC(=O)OC(=O)CCc1c[nH]c2ccccc12. The van der Waals surface area contributed by atoms with Crippen LogP contribution in [-0.4, -0.2) is 17.0 Å². The second-order valence-corrected chi connectivity index (χ2v) is 3.65. The number of aromatic nitrogens is 1. The van der Waals surface area contributed by atoms with Gasteiger partial charge in [0.1, 0.15) is 0 Å². The van der Waals surface area contributed by atoms with Crippen molar-refractivity contribution >= 4 is 23.0 Å². The molecule has 0 saturated carbocycles. The molecule has 0 aliphatic heterocycles. The number of rotatable bonds is 3. The van der Waals surface area contributed by atoms with Gasteiger partial charge in [-0.2, -0.15) is 0 Å². The number of hydrogen-bond donors (Lipinski definition) is 2. The maximum atomic E-state index is 11.2. The van der Waals surface area contributed by atoms with E-state index in [4.69, 9.17) is 5.73 Å². The number of esters is 1. The van der Waals surface area contributed by atoms with Crippen molar-refractivity contribution in [1.82, 2.24) is 4.98 Å². The van der Waals surface area contributed by atoms with Crippen molar-refractivity contribution in [3.8, 4) is 0 Å². The molecule has 0 atom stereocenters. The first-order valence-electron chi connectivity index (χ1n) is 5.22. The van der Waals surface area contributed by atoms with Crippen LogP contribution in [0.3, 0.4) is 0 Å². The number of benzene rings is 1. The van der Waals surface area contributed by atoms with Crippen LogP contribution >= 0.6 is 0 Å². The molecule has 0 bridgehead atoms. The molecule has 2 rings (SSSR count). The molecule has 1 amide bonds. The zero-order chi connectivity index (χ0) is 12.3. The zero-order valence-electron chi connectivity index (χ0n) is 9.10. The lowest BCUT2D eigenvalue weighted by Gasteiger charge is -1.99. The fourth-order valence-electron chi connectivity index (χ4n) is 1.74. The second-order valence-electron chi connectivity index (χ2n) is 3.65. The van der Waals surface area contributed by atoms with E-state index in [0.717, 1.165) is 16.5 Å². The zero-order valence-corrected chi connectivity index (χ0v) is 9.10. The second kappa shape index (κ2) is 4.69. The van der Waals surface area contributed by atoms with Crippen LogP contribution in [0, 0.1) is 0 Å². The lowest BCUT2D eigenvalue weighted by atomic mass is 10.1. The van der Waals surface area contributed by atoms with Gasteiger partial charge in [0.25, 0.3) is 0 Å². The molecule has 0 fully saturated rings. The van der Waals surface area contributed by atoms with E-state index < -0.39 is 12.1 Å². The fraction of sp³-hybridized carbons (Fsp3) is 0.167. The summed E-state index contributed by atoms with van der Waals surface area (Å²) < 4.78 is 4.25. The molecule has 0 unspecified atom stereocenters. The highest BCUT2D eigenvalue weighted by Gasteiger charge is 2.09. The van der Waals surface area contributed by atoms with Crippen LogP contribution in [0.2, 0.25) is 0 Å². The minimum absolute atomic E-state index is 0.130. The van der Waals surface area contributed by atoms with Gasteiger partial charge in [-0.1, -0.05) is 18.2 Å². The summed E-state index contributed by atoms with van der Waals surface area (Å²) in [6.07, 6.45) is 1.43. The highest BCUT2D eigenvalue weighted by molar-refractivity contribution is 5.85. The number of ether oxygens (including phenoxy) is 1. The predicted octanol–water partition coefficient (Wildman–Crippen LogP) is 1.72. The Labute approximate surface area is 97.6 Å². The van der Waals surface area contributed by atoms with Gasteiger partial charge < -0.3 is 15.5 Å². The molecule has 1 aromatic carbocycles. The van der Waals surface area contributed by atoms with Gasteiger partial charge in [-0.15, -0.1) is 0 Å². The predicted molar refractivity (Wildman–Crippen MR) is 62.3 cm³/mol. The van der Waals surface area contributed by atoms with Crippen molar-refractivity contribution in [2.75, 3.05) is 0 Å². The number of aryl methyl sites for hydroxylation is 1. The maximum absolute atomic E-state index is 11.2. The standard InChI is InChI=1S/C12H12N2O3/c13-12(16)17-11(15)6-5-8-7-14-10-4-2-1-3-9(8)10/h1-4,7,14H,5-6H2,(H2,13,16). The molecular weight excluding hydrogens is 220 g/mol. The summed E-state index contributed by atoms with van der Waals surface area (Å²) in [6.45, 7) is 0. The van der Waals surface area contributed by atoms with Gasteiger partial charge in [0.05, 0.1) is 6.42 Å². The Bertz CT molecular complexity index is 560. The molecular formula is C12H12N2O3. The van der Waals surface area contributed by atoms with Crippen molar-refractivity contribution in [3.63, 3.8) is 0 Å². The van der Waals surface area contributed by atoms with Gasteiger partial charge in [-0.05, 0) is 18.1 Å². The molecule has 5 heteroatoms. The number of hydrogen-bond acceptors (Lipinski definition) is 3. The summed E-state index contributed by atoms with van der Waals surface area (Å²) in [5, 5.41) is 1.07. The first-order valence-corrected chi connectivity index (χ1v) is 5.22. The van der Waals surface area contributed by atoms with Gasteiger partial charge in [0.2, 0.25) is 0 Å². The average molecular weight is 232 g/mol. The van der Waals surface area contributed by atoms with Crippen LogP contribution in [0.15, 0.2) is 30.5 Å². The third-order valence-electron chi connectivity index (χ3n) is 2.49. The van der Waals surface area contributed by atoms with E-state index in [-0.39, 0.29) is 6.42 Å². The van der Waals surface area contributed by atoms with E-state index in [1.807, 2.05) is 30.5 Å². The number of aromatic amines is 1. The van der Waals surface area contributed by atoms with Crippen molar-refractivity contribution < 1.29 is 14.3 Å². The van der Waals surface area contributed by atoms with Crippen LogP contribution in [0.25, 0.3) is 10.9 Å². The Morgan fingerprint density at radius 1 is 1.29 bits per heavy atom. The highest BCUT2D eigenvalue weighted by atomic mass is 16.6. The lowest BCUT2D eigenvalue weighted by molar-refractivity contribution is -0.137. The van der Waals surface area contributed by atoms with E-state index in [9.17, 15) is 9.59 Å². The Balaban J connectivity index is 2.04. The highest BCUT2D eigenvalue weighted by Crippen LogP contribution is 2.18. The fourth-order valence-corrected chi connectivity index (χ4v) is 1.74. The van der Waals surface area contributed by atoms with Crippen LogP contribution in [-0.2, 0) is 16.0 Å². The van der Waals surface area contributed by atoms with Gasteiger partial charge in [-0.25, -0.2) is 4.79 Å². The summed E-state index contributed by atoms with van der Waals surface area (Å²) in [7, 11) is 0. The molecule has 0 aliphatic rings. The van der Waals surface area contributed by atoms with Crippen LogP contribution in [0.1, 0.15) is 12.0 Å². The van der Waals surface area contributed by atoms with Gasteiger partial charge in [0.15, 0.2) is 0 Å². The number of nitrogens with two attached hydrogens (primary N) is 1. The minimum Gasteiger partial charge on any atom is -0.376 e. The molecule has 0 spiro atoms. The summed E-state index contributed by atoms with van der Waals surface area (Å²) in [6, 6.07) is 7.80. The van der Waals surface area contributed by atoms with Gasteiger partial charge in [0, 0.05) is 17.1 Å². The largest absolute Gasteiger partial charge is 0.412 e. The molecule has 0 saturated heterocycles. The summed E-state index contributed by atoms with van der Waals surface area (Å²) >= 11 is 0. The molecule has 2 aromatic rings. The van der Waals surface area contributed by atoms with E-state index >= 15 is 0 Å². The van der Waals surface area contributed by atoms with E-state index in [1.165, 1.54) is 0 Å². The number of carbonyl (C=O) groups is 2. The summed E-state index contributed by atoms with van der Waals surface area (Å²) in [4.78, 5) is 24.6. The lowest BCUT2D eigenvalue weighted by Crippen LogP contribution is -2.18. The number of H-pyrrole nitrogens is 1. The van der Waals surface area contributed by atoms with Crippen molar-refractivity contribution in [1.29, 1.82) is 0 Å². The first kappa shape index (κ1) is 11.2. The van der Waals surface area contributed by atoms with Gasteiger partial charge >= 0.3 is 12.1 Å². The van der Waals surface area contributed by atoms with Crippen molar-refractivity contribution in [2.45, 2.75) is 12.8 Å². The molecule has 88 valence electrons. The Kier molecular flexibility index (Phi) is 3.09. The number of primary amides is 1. The van der Waals surface area contributed by atoms with Crippen molar-refractivity contribution in [2.24, 2.45) is 5.73 Å². The molecule has 17 heavy (non-hydrogen) atoms. The first-order chi connectivity index (χ1) is 8.16. The molecule has 0 radical (unpaired) electrons. The summed E-state index contributed by atoms with van der Waals surface area (Å²) in [5.41, 5.74) is 6.78. The molecule has 5 nitrogen and oxygen atoms in total. The number of fused-ring (bicyclic) bond motifs is 1. The number of nitrogens with one attached hydrogen (secondary N) is 1. The van der Waals surface area contributed by atoms with Crippen LogP contribution in [0.5, 0.6) is 0 Å². The van der Waals surface area contributed by atoms with Crippen LogP contribution < -0.4 is 5.73 Å². The minimum atomic E-state index is -1.06. The normalized spacial score (nSPS) is 10.4. The molecule has 1 aromatic heterocycles. The number of amides is 1.